The predicted molar refractivity (Wildman–Crippen MR) is 113 cm³/mol. The Hall–Kier alpha value is -4.10. The van der Waals surface area contributed by atoms with Gasteiger partial charge in [-0.2, -0.15) is 0 Å². The number of hydroxylamine groups is 1. The van der Waals surface area contributed by atoms with Crippen molar-refractivity contribution in [2.24, 2.45) is 0 Å². The van der Waals surface area contributed by atoms with E-state index < -0.39 is 0 Å². The highest BCUT2D eigenvalue weighted by atomic mass is 16.7. The maximum atomic E-state index is 5.91. The molecule has 0 fully saturated rings. The van der Waals surface area contributed by atoms with Crippen LogP contribution in [0.1, 0.15) is 17.6 Å². The lowest BCUT2D eigenvalue weighted by Gasteiger charge is -2.09. The third-order valence-electron chi connectivity index (χ3n) is 4.61. The molecule has 5 rings (SSSR count). The SMILES string of the molecule is Cc1nnc(-c2cccc(OC3=C[C@@H](c4ccc(Oc5ccccc5)cc4)ON3)c2)o1. The minimum atomic E-state index is -0.275. The molecule has 1 aliphatic heterocycles. The van der Waals surface area contributed by atoms with E-state index in [0.717, 1.165) is 22.6 Å². The van der Waals surface area contributed by atoms with Crippen LogP contribution in [-0.4, -0.2) is 10.2 Å². The van der Waals surface area contributed by atoms with Gasteiger partial charge in [-0.25, -0.2) is 5.48 Å². The molecular formula is C24H19N3O4. The third kappa shape index (κ3) is 4.41. The molecule has 0 saturated heterocycles. The van der Waals surface area contributed by atoms with Crippen LogP contribution in [0.25, 0.3) is 11.5 Å². The number of aryl methyl sites for hydroxylation is 1. The summed E-state index contributed by atoms with van der Waals surface area (Å²) in [4.78, 5) is 5.65. The van der Waals surface area contributed by atoms with Crippen molar-refractivity contribution in [1.82, 2.24) is 15.7 Å². The molecule has 7 nitrogen and oxygen atoms in total. The Balaban J connectivity index is 1.26. The van der Waals surface area contributed by atoms with Crippen LogP contribution >= 0.6 is 0 Å². The maximum absolute atomic E-state index is 5.91. The Labute approximate surface area is 178 Å². The molecule has 2 heterocycles. The second kappa shape index (κ2) is 8.33. The molecule has 0 spiro atoms. The van der Waals surface area contributed by atoms with Crippen LogP contribution in [0, 0.1) is 6.92 Å². The molecule has 154 valence electrons. The van der Waals surface area contributed by atoms with Gasteiger partial charge in [-0.3, -0.25) is 4.84 Å². The molecule has 0 aliphatic carbocycles. The van der Waals surface area contributed by atoms with Crippen LogP contribution in [0.15, 0.2) is 95.2 Å². The summed E-state index contributed by atoms with van der Waals surface area (Å²) < 4.78 is 17.2. The largest absolute Gasteiger partial charge is 0.457 e. The lowest BCUT2D eigenvalue weighted by molar-refractivity contribution is 0.0273. The van der Waals surface area contributed by atoms with E-state index in [4.69, 9.17) is 18.7 Å². The minimum Gasteiger partial charge on any atom is -0.457 e. The van der Waals surface area contributed by atoms with Crippen molar-refractivity contribution in [1.29, 1.82) is 0 Å². The predicted octanol–water partition coefficient (Wildman–Crippen LogP) is 5.33. The van der Waals surface area contributed by atoms with Gasteiger partial charge in [0.05, 0.1) is 0 Å². The van der Waals surface area contributed by atoms with E-state index in [1.807, 2.05) is 84.9 Å². The normalized spacial score (nSPS) is 15.3. The van der Waals surface area contributed by atoms with Gasteiger partial charge < -0.3 is 13.9 Å². The van der Waals surface area contributed by atoms with Gasteiger partial charge in [0, 0.05) is 18.6 Å². The number of ether oxygens (including phenoxy) is 2. The van der Waals surface area contributed by atoms with E-state index >= 15 is 0 Å². The monoisotopic (exact) mass is 413 g/mol. The molecule has 1 aromatic heterocycles. The lowest BCUT2D eigenvalue weighted by Crippen LogP contribution is -2.12. The fourth-order valence-corrected chi connectivity index (χ4v) is 3.13. The summed E-state index contributed by atoms with van der Waals surface area (Å²) >= 11 is 0. The van der Waals surface area contributed by atoms with Gasteiger partial charge in [-0.15, -0.1) is 10.2 Å². The third-order valence-corrected chi connectivity index (χ3v) is 4.61. The summed E-state index contributed by atoms with van der Waals surface area (Å²) in [6.07, 6.45) is 1.60. The molecule has 4 aromatic rings. The quantitative estimate of drug-likeness (QED) is 0.457. The molecule has 7 heteroatoms. The zero-order valence-corrected chi connectivity index (χ0v) is 16.7. The Morgan fingerprint density at radius 3 is 2.35 bits per heavy atom. The lowest BCUT2D eigenvalue weighted by atomic mass is 10.1. The molecule has 1 aliphatic rings. The van der Waals surface area contributed by atoms with Gasteiger partial charge in [0.2, 0.25) is 17.7 Å². The second-order valence-electron chi connectivity index (χ2n) is 6.91. The molecular weight excluding hydrogens is 394 g/mol. The Morgan fingerprint density at radius 1 is 0.806 bits per heavy atom. The van der Waals surface area contributed by atoms with Crippen LogP contribution in [0.3, 0.4) is 0 Å². The molecule has 0 bridgehead atoms. The fourth-order valence-electron chi connectivity index (χ4n) is 3.13. The van der Waals surface area contributed by atoms with Crippen LogP contribution < -0.4 is 15.0 Å². The Morgan fingerprint density at radius 2 is 1.58 bits per heavy atom. The summed E-state index contributed by atoms with van der Waals surface area (Å²) in [5, 5.41) is 7.90. The van der Waals surface area contributed by atoms with E-state index in [1.165, 1.54) is 0 Å². The Bertz CT molecular complexity index is 1200. The topological polar surface area (TPSA) is 78.6 Å². The van der Waals surface area contributed by atoms with Crippen LogP contribution in [0.2, 0.25) is 0 Å². The van der Waals surface area contributed by atoms with Gasteiger partial charge in [0.15, 0.2) is 0 Å². The number of hydrogen-bond acceptors (Lipinski definition) is 7. The first-order chi connectivity index (χ1) is 15.2. The number of aromatic nitrogens is 2. The highest BCUT2D eigenvalue weighted by Gasteiger charge is 2.20. The van der Waals surface area contributed by atoms with Crippen molar-refractivity contribution in [3.8, 4) is 28.7 Å². The number of nitrogens with zero attached hydrogens (tertiary/aromatic N) is 2. The maximum Gasteiger partial charge on any atom is 0.247 e. The molecule has 0 saturated carbocycles. The fraction of sp³-hybridized carbons (Fsp3) is 0.0833. The van der Waals surface area contributed by atoms with E-state index in [0.29, 0.717) is 23.4 Å². The van der Waals surface area contributed by atoms with Crippen molar-refractivity contribution >= 4 is 0 Å². The van der Waals surface area contributed by atoms with Crippen molar-refractivity contribution in [2.75, 3.05) is 0 Å². The molecule has 0 radical (unpaired) electrons. The molecule has 1 atom stereocenters. The summed E-state index contributed by atoms with van der Waals surface area (Å²) in [5.41, 5.74) is 4.58. The first kappa shape index (κ1) is 18.9. The smallest absolute Gasteiger partial charge is 0.247 e. The van der Waals surface area contributed by atoms with E-state index in [9.17, 15) is 0 Å². The van der Waals surface area contributed by atoms with E-state index in [2.05, 4.69) is 15.7 Å². The molecule has 1 N–H and O–H groups in total. The summed E-state index contributed by atoms with van der Waals surface area (Å²) in [6, 6.07) is 24.8. The Kier molecular flexibility index (Phi) is 5.08. The number of nitrogens with one attached hydrogen (secondary N) is 1. The van der Waals surface area contributed by atoms with Crippen LogP contribution in [0.4, 0.5) is 0 Å². The number of rotatable bonds is 6. The van der Waals surface area contributed by atoms with Gasteiger partial charge in [-0.05, 0) is 48.0 Å². The summed E-state index contributed by atoms with van der Waals surface area (Å²) in [5.74, 6) is 3.65. The number of benzene rings is 3. The highest BCUT2D eigenvalue weighted by Crippen LogP contribution is 2.29. The van der Waals surface area contributed by atoms with Crippen molar-refractivity contribution in [2.45, 2.75) is 13.0 Å². The van der Waals surface area contributed by atoms with E-state index in [1.54, 1.807) is 6.92 Å². The summed E-state index contributed by atoms with van der Waals surface area (Å²) in [6.45, 7) is 1.75. The standard InChI is InChI=1S/C24H19N3O4/c1-16-25-26-24(28-16)18-6-5-9-21(14-18)30-23-15-22(31-27-23)17-10-12-20(13-11-17)29-19-7-3-2-4-8-19/h2-15,22,27H,1H3/t22-/m0/s1. The molecule has 3 aromatic carbocycles. The van der Waals surface area contributed by atoms with E-state index in [-0.39, 0.29) is 6.10 Å². The average Bonchev–Trinajstić information content (AvgIpc) is 3.44. The molecule has 0 amide bonds. The van der Waals surface area contributed by atoms with Crippen molar-refractivity contribution in [3.05, 3.63) is 102 Å². The van der Waals surface area contributed by atoms with Gasteiger partial charge >= 0.3 is 0 Å². The summed E-state index contributed by atoms with van der Waals surface area (Å²) in [7, 11) is 0. The number of para-hydroxylation sites is 1. The zero-order chi connectivity index (χ0) is 21.0. The van der Waals surface area contributed by atoms with Crippen LogP contribution in [0.5, 0.6) is 17.2 Å². The molecule has 0 unspecified atom stereocenters. The van der Waals surface area contributed by atoms with Gasteiger partial charge in [-0.1, -0.05) is 36.4 Å². The van der Waals surface area contributed by atoms with Gasteiger partial charge in [0.25, 0.3) is 0 Å². The van der Waals surface area contributed by atoms with Crippen molar-refractivity contribution in [3.63, 3.8) is 0 Å². The van der Waals surface area contributed by atoms with Crippen molar-refractivity contribution < 1.29 is 18.7 Å². The zero-order valence-electron chi connectivity index (χ0n) is 16.7. The molecule has 31 heavy (non-hydrogen) atoms. The van der Waals surface area contributed by atoms with Gasteiger partial charge in [0.1, 0.15) is 23.4 Å². The second-order valence-corrected chi connectivity index (χ2v) is 6.91. The first-order valence-corrected chi connectivity index (χ1v) is 9.78. The number of hydrogen-bond donors (Lipinski definition) is 1. The first-order valence-electron chi connectivity index (χ1n) is 9.78. The van der Waals surface area contributed by atoms with Crippen LogP contribution in [-0.2, 0) is 4.84 Å². The average molecular weight is 413 g/mol. The minimum absolute atomic E-state index is 0.275. The highest BCUT2D eigenvalue weighted by molar-refractivity contribution is 5.55.